The number of likely N-dealkylation sites (N-methyl/N-ethyl adjacent to an activating group) is 1. The Balaban J connectivity index is 2.96. The molecule has 0 saturated heterocycles. The van der Waals surface area contributed by atoms with Gasteiger partial charge in [-0.3, -0.25) is 0 Å². The van der Waals surface area contributed by atoms with Gasteiger partial charge in [0, 0.05) is 25.4 Å². The Labute approximate surface area is 115 Å². The average molecular weight is 261 g/mol. The summed E-state index contributed by atoms with van der Waals surface area (Å²) in [5, 5.41) is 8.60. The molecule has 0 atom stereocenters. The summed E-state index contributed by atoms with van der Waals surface area (Å²) in [6, 6.07) is 6.46. The van der Waals surface area contributed by atoms with Crippen molar-refractivity contribution in [2.75, 3.05) is 18.5 Å². The van der Waals surface area contributed by atoms with Crippen LogP contribution in [0.4, 0.5) is 5.69 Å². The lowest BCUT2D eigenvalue weighted by Gasteiger charge is -2.25. The normalized spacial score (nSPS) is 11.8. The number of hydrogen-bond donors (Lipinski definition) is 1. The number of carboxylic acids is 1. The van der Waals surface area contributed by atoms with Crippen LogP contribution in [0.5, 0.6) is 0 Å². The third kappa shape index (κ3) is 4.43. The largest absolute Gasteiger partial charge is 0.478 e. The molecule has 1 rings (SSSR count). The van der Waals surface area contributed by atoms with Crippen molar-refractivity contribution in [1.29, 1.82) is 0 Å². The van der Waals surface area contributed by atoms with Crippen LogP contribution in [-0.4, -0.2) is 24.7 Å². The van der Waals surface area contributed by atoms with Crippen molar-refractivity contribution in [3.63, 3.8) is 0 Å². The lowest BCUT2D eigenvalue weighted by molar-refractivity contribution is -0.131. The molecule has 0 spiro atoms. The molecule has 1 N–H and O–H groups in total. The van der Waals surface area contributed by atoms with Crippen LogP contribution in [0.1, 0.15) is 31.9 Å². The van der Waals surface area contributed by atoms with Crippen LogP contribution in [0.3, 0.4) is 0 Å². The van der Waals surface area contributed by atoms with Gasteiger partial charge in [0.15, 0.2) is 0 Å². The van der Waals surface area contributed by atoms with Crippen molar-refractivity contribution in [1.82, 2.24) is 0 Å². The van der Waals surface area contributed by atoms with Gasteiger partial charge in [0.25, 0.3) is 0 Å². The minimum atomic E-state index is -0.909. The minimum absolute atomic E-state index is 0.111. The number of carboxylic acid groups (broad SMARTS) is 1. The second-order valence-electron chi connectivity index (χ2n) is 5.87. The van der Waals surface area contributed by atoms with E-state index >= 15 is 0 Å². The molecule has 0 fully saturated rings. The zero-order chi connectivity index (χ0) is 14.6. The highest BCUT2D eigenvalue weighted by molar-refractivity contribution is 5.79. The van der Waals surface area contributed by atoms with Crippen LogP contribution >= 0.6 is 0 Å². The smallest absolute Gasteiger partial charge is 0.328 e. The quantitative estimate of drug-likeness (QED) is 0.845. The van der Waals surface area contributed by atoms with E-state index in [4.69, 9.17) is 5.11 Å². The number of hydrogen-bond acceptors (Lipinski definition) is 2. The molecule has 19 heavy (non-hydrogen) atoms. The van der Waals surface area contributed by atoms with Crippen molar-refractivity contribution in [2.45, 2.75) is 33.1 Å². The molecule has 3 nitrogen and oxygen atoms in total. The third-order valence-corrected chi connectivity index (χ3v) is 3.13. The minimum Gasteiger partial charge on any atom is -0.478 e. The molecule has 104 valence electrons. The van der Waals surface area contributed by atoms with Gasteiger partial charge in [0.2, 0.25) is 0 Å². The topological polar surface area (TPSA) is 40.5 Å². The fraction of sp³-hybridized carbons (Fsp3) is 0.438. The summed E-state index contributed by atoms with van der Waals surface area (Å²) >= 11 is 0. The zero-order valence-electron chi connectivity index (χ0n) is 12.4. The van der Waals surface area contributed by atoms with Crippen molar-refractivity contribution >= 4 is 11.7 Å². The maximum absolute atomic E-state index is 10.5. The van der Waals surface area contributed by atoms with E-state index in [0.717, 1.165) is 5.69 Å². The Kier molecular flexibility index (Phi) is 4.76. The van der Waals surface area contributed by atoms with E-state index in [9.17, 15) is 4.79 Å². The number of rotatable bonds is 4. The number of benzene rings is 1. The van der Waals surface area contributed by atoms with Crippen molar-refractivity contribution < 1.29 is 9.90 Å². The molecule has 0 amide bonds. The van der Waals surface area contributed by atoms with Crippen LogP contribution in [0, 0.1) is 6.92 Å². The summed E-state index contributed by atoms with van der Waals surface area (Å²) in [7, 11) is 1.97. The number of nitrogens with zero attached hydrogens (tertiary/aromatic N) is 1. The second-order valence-corrected chi connectivity index (χ2v) is 5.87. The predicted molar refractivity (Wildman–Crippen MR) is 79.9 cm³/mol. The van der Waals surface area contributed by atoms with Crippen molar-refractivity contribution in [3.05, 3.63) is 41.5 Å². The highest BCUT2D eigenvalue weighted by Gasteiger charge is 2.15. The van der Waals surface area contributed by atoms with Gasteiger partial charge in [0.05, 0.1) is 0 Å². The Hall–Kier alpha value is -1.77. The Morgan fingerprint density at radius 3 is 2.53 bits per heavy atom. The Bertz CT molecular complexity index is 484. The third-order valence-electron chi connectivity index (χ3n) is 3.13. The molecule has 0 saturated carbocycles. The molecule has 0 unspecified atom stereocenters. The predicted octanol–water partition coefficient (Wildman–Crippen LogP) is 3.37. The first-order valence-corrected chi connectivity index (χ1v) is 6.43. The number of anilines is 1. The van der Waals surface area contributed by atoms with Gasteiger partial charge in [0.1, 0.15) is 0 Å². The van der Waals surface area contributed by atoms with E-state index in [1.165, 1.54) is 17.2 Å². The highest BCUT2D eigenvalue weighted by Crippen LogP contribution is 2.28. The van der Waals surface area contributed by atoms with E-state index in [1.807, 2.05) is 7.05 Å². The van der Waals surface area contributed by atoms with Crippen molar-refractivity contribution in [2.24, 2.45) is 0 Å². The summed E-state index contributed by atoms with van der Waals surface area (Å²) in [5.41, 5.74) is 3.73. The summed E-state index contributed by atoms with van der Waals surface area (Å²) < 4.78 is 0. The first-order chi connectivity index (χ1) is 8.71. The lowest BCUT2D eigenvalue weighted by atomic mass is 9.86. The monoisotopic (exact) mass is 261 g/mol. The van der Waals surface area contributed by atoms with Gasteiger partial charge in [-0.25, -0.2) is 4.79 Å². The Morgan fingerprint density at radius 2 is 2.00 bits per heavy atom. The molecule has 1 aromatic rings. The average Bonchev–Trinajstić information content (AvgIpc) is 2.27. The molecule has 0 aliphatic carbocycles. The molecule has 0 aliphatic rings. The maximum atomic E-state index is 10.5. The summed E-state index contributed by atoms with van der Waals surface area (Å²) in [4.78, 5) is 12.5. The highest BCUT2D eigenvalue weighted by atomic mass is 16.4. The van der Waals surface area contributed by atoms with Crippen molar-refractivity contribution in [3.8, 4) is 0 Å². The zero-order valence-corrected chi connectivity index (χ0v) is 12.4. The number of carbonyl (C=O) groups is 1. The fourth-order valence-electron chi connectivity index (χ4n) is 1.90. The van der Waals surface area contributed by atoms with Gasteiger partial charge >= 0.3 is 5.97 Å². The second kappa shape index (κ2) is 5.91. The Morgan fingerprint density at radius 1 is 1.37 bits per heavy atom. The van der Waals surface area contributed by atoms with Gasteiger partial charge < -0.3 is 10.0 Å². The van der Waals surface area contributed by atoms with Crippen LogP contribution < -0.4 is 4.90 Å². The number of aryl methyl sites for hydroxylation is 1. The molecule has 0 heterocycles. The van der Waals surface area contributed by atoms with Crippen LogP contribution in [0.25, 0.3) is 0 Å². The first-order valence-electron chi connectivity index (χ1n) is 6.43. The van der Waals surface area contributed by atoms with Crippen LogP contribution in [0.2, 0.25) is 0 Å². The first kappa shape index (κ1) is 15.3. The maximum Gasteiger partial charge on any atom is 0.328 e. The molecular weight excluding hydrogens is 238 g/mol. The van der Waals surface area contributed by atoms with Crippen LogP contribution in [0.15, 0.2) is 30.4 Å². The van der Waals surface area contributed by atoms with E-state index in [2.05, 4.69) is 50.8 Å². The molecule has 1 aromatic carbocycles. The van der Waals surface area contributed by atoms with Gasteiger partial charge in [-0.05, 0) is 29.5 Å². The van der Waals surface area contributed by atoms with E-state index in [0.29, 0.717) is 6.54 Å². The van der Waals surface area contributed by atoms with E-state index in [-0.39, 0.29) is 5.41 Å². The summed E-state index contributed by atoms with van der Waals surface area (Å²) in [6.45, 7) is 9.21. The van der Waals surface area contributed by atoms with Gasteiger partial charge in [-0.2, -0.15) is 0 Å². The van der Waals surface area contributed by atoms with Gasteiger partial charge in [-0.15, -0.1) is 0 Å². The number of aliphatic carboxylic acids is 1. The molecule has 0 radical (unpaired) electrons. The molecule has 0 bridgehead atoms. The standard InChI is InChI=1S/C16H23NO2/c1-12-8-9-13(16(2,3)4)11-14(12)17(5)10-6-7-15(18)19/h6-9,11H,10H2,1-5H3,(H,18,19)/b7-6+. The molecule has 0 aromatic heterocycles. The lowest BCUT2D eigenvalue weighted by Crippen LogP contribution is -2.20. The van der Waals surface area contributed by atoms with E-state index in [1.54, 1.807) is 6.08 Å². The SMILES string of the molecule is Cc1ccc(C(C)(C)C)cc1N(C)C/C=C/C(=O)O. The summed E-state index contributed by atoms with van der Waals surface area (Å²) in [5.74, 6) is -0.909. The van der Waals surface area contributed by atoms with Gasteiger partial charge in [-0.1, -0.05) is 39.0 Å². The van der Waals surface area contributed by atoms with E-state index < -0.39 is 5.97 Å². The molecule has 3 heteroatoms. The van der Waals surface area contributed by atoms with Crippen LogP contribution in [-0.2, 0) is 10.2 Å². The fourth-order valence-corrected chi connectivity index (χ4v) is 1.90. The summed E-state index contributed by atoms with van der Waals surface area (Å²) in [6.07, 6.45) is 2.84. The molecular formula is C16H23NO2. The molecule has 0 aliphatic heterocycles.